The lowest BCUT2D eigenvalue weighted by atomic mass is 10.1. The van der Waals surface area contributed by atoms with Crippen LogP contribution in [0.25, 0.3) is 16.9 Å². The van der Waals surface area contributed by atoms with Gasteiger partial charge in [-0.1, -0.05) is 6.07 Å². The molecule has 0 aliphatic heterocycles. The van der Waals surface area contributed by atoms with Crippen LogP contribution in [0.2, 0.25) is 0 Å². The first-order valence-corrected chi connectivity index (χ1v) is 6.45. The summed E-state index contributed by atoms with van der Waals surface area (Å²) < 4.78 is 7.58. The fourth-order valence-corrected chi connectivity index (χ4v) is 2.25. The molecule has 2 aromatic heterocycles. The molecule has 0 bridgehead atoms. The van der Waals surface area contributed by atoms with Crippen LogP contribution in [0.15, 0.2) is 48.8 Å². The van der Waals surface area contributed by atoms with E-state index in [4.69, 9.17) is 4.74 Å². The van der Waals surface area contributed by atoms with Gasteiger partial charge in [-0.15, -0.1) is 0 Å². The highest BCUT2D eigenvalue weighted by Crippen LogP contribution is 2.24. The smallest absolute Gasteiger partial charge is 0.140 e. The van der Waals surface area contributed by atoms with E-state index >= 15 is 0 Å². The zero-order valence-corrected chi connectivity index (χ0v) is 11.1. The number of hydrogen-bond acceptors (Lipinski definition) is 2. The summed E-state index contributed by atoms with van der Waals surface area (Å²) in [6.45, 7) is 4.75. The Morgan fingerprint density at radius 2 is 1.95 bits per heavy atom. The van der Waals surface area contributed by atoms with Gasteiger partial charge in [-0.3, -0.25) is 4.40 Å². The van der Waals surface area contributed by atoms with E-state index in [0.29, 0.717) is 6.61 Å². The number of rotatable bonds is 3. The number of benzene rings is 1. The van der Waals surface area contributed by atoms with Crippen LogP contribution >= 0.6 is 0 Å². The average Bonchev–Trinajstić information content (AvgIpc) is 2.85. The average molecular weight is 252 g/mol. The summed E-state index contributed by atoms with van der Waals surface area (Å²) in [6, 6.07) is 12.2. The maximum atomic E-state index is 5.46. The quantitative estimate of drug-likeness (QED) is 0.710. The van der Waals surface area contributed by atoms with E-state index in [0.717, 1.165) is 22.7 Å². The monoisotopic (exact) mass is 252 g/mol. The number of nitrogens with zero attached hydrogens (tertiary/aromatic N) is 2. The molecule has 0 fully saturated rings. The molecule has 3 aromatic rings. The van der Waals surface area contributed by atoms with Crippen LogP contribution < -0.4 is 4.74 Å². The second kappa shape index (κ2) is 4.76. The van der Waals surface area contributed by atoms with Gasteiger partial charge >= 0.3 is 0 Å². The summed E-state index contributed by atoms with van der Waals surface area (Å²) in [5, 5.41) is 0. The Labute approximate surface area is 112 Å². The van der Waals surface area contributed by atoms with Crippen LogP contribution in [-0.2, 0) is 0 Å². The molecule has 0 aliphatic carbocycles. The third-order valence-electron chi connectivity index (χ3n) is 3.19. The Morgan fingerprint density at radius 3 is 2.68 bits per heavy atom. The van der Waals surface area contributed by atoms with Gasteiger partial charge in [0.1, 0.15) is 11.4 Å². The van der Waals surface area contributed by atoms with Crippen molar-refractivity contribution in [3.63, 3.8) is 0 Å². The standard InChI is InChI=1S/C16H16N2O/c1-3-19-14-8-6-13(7-9-14)15-11-17-16-12(2)5-4-10-18(15)16/h4-11H,3H2,1-2H3. The molecule has 0 aliphatic rings. The number of hydrogen-bond donors (Lipinski definition) is 0. The lowest BCUT2D eigenvalue weighted by molar-refractivity contribution is 0.340. The first kappa shape index (κ1) is 11.8. The van der Waals surface area contributed by atoms with Crippen molar-refractivity contribution in [3.8, 4) is 17.0 Å². The second-order valence-electron chi connectivity index (χ2n) is 4.49. The van der Waals surface area contributed by atoms with E-state index < -0.39 is 0 Å². The van der Waals surface area contributed by atoms with Gasteiger partial charge in [0.25, 0.3) is 0 Å². The Bertz CT molecular complexity index is 698. The lowest BCUT2D eigenvalue weighted by Crippen LogP contribution is -1.92. The minimum Gasteiger partial charge on any atom is -0.494 e. The highest BCUT2D eigenvalue weighted by atomic mass is 16.5. The topological polar surface area (TPSA) is 26.5 Å². The summed E-state index contributed by atoms with van der Waals surface area (Å²) in [6.07, 6.45) is 3.96. The minimum absolute atomic E-state index is 0.689. The van der Waals surface area contributed by atoms with Crippen LogP contribution in [-0.4, -0.2) is 16.0 Å². The van der Waals surface area contributed by atoms with Crippen molar-refractivity contribution >= 4 is 5.65 Å². The molecule has 0 atom stereocenters. The highest BCUT2D eigenvalue weighted by molar-refractivity contribution is 5.65. The van der Waals surface area contributed by atoms with Crippen LogP contribution in [0.5, 0.6) is 5.75 Å². The predicted octanol–water partition coefficient (Wildman–Crippen LogP) is 3.71. The van der Waals surface area contributed by atoms with Crippen LogP contribution in [0.1, 0.15) is 12.5 Å². The fourth-order valence-electron chi connectivity index (χ4n) is 2.25. The molecule has 3 heteroatoms. The van der Waals surface area contributed by atoms with Crippen molar-refractivity contribution < 1.29 is 4.74 Å². The molecule has 1 aromatic carbocycles. The minimum atomic E-state index is 0.689. The van der Waals surface area contributed by atoms with Crippen molar-refractivity contribution in [2.24, 2.45) is 0 Å². The maximum Gasteiger partial charge on any atom is 0.140 e. The van der Waals surface area contributed by atoms with E-state index in [1.807, 2.05) is 37.5 Å². The highest BCUT2D eigenvalue weighted by Gasteiger charge is 2.07. The van der Waals surface area contributed by atoms with Crippen molar-refractivity contribution in [1.29, 1.82) is 0 Å². The Kier molecular flexibility index (Phi) is 2.95. The summed E-state index contributed by atoms with van der Waals surface area (Å²) in [4.78, 5) is 4.49. The van der Waals surface area contributed by atoms with Crippen LogP contribution in [0.4, 0.5) is 0 Å². The van der Waals surface area contributed by atoms with E-state index in [-0.39, 0.29) is 0 Å². The molecular weight excluding hydrogens is 236 g/mol. The molecule has 19 heavy (non-hydrogen) atoms. The molecular formula is C16H16N2O. The molecule has 96 valence electrons. The number of aromatic nitrogens is 2. The third kappa shape index (κ3) is 2.08. The lowest BCUT2D eigenvalue weighted by Gasteiger charge is -2.05. The van der Waals surface area contributed by atoms with E-state index in [2.05, 4.69) is 34.5 Å². The number of imidazole rings is 1. The normalized spacial score (nSPS) is 10.8. The van der Waals surface area contributed by atoms with E-state index in [9.17, 15) is 0 Å². The number of pyridine rings is 1. The van der Waals surface area contributed by atoms with Crippen LogP contribution in [0, 0.1) is 6.92 Å². The Morgan fingerprint density at radius 1 is 1.16 bits per heavy atom. The number of ether oxygens (including phenoxy) is 1. The predicted molar refractivity (Wildman–Crippen MR) is 76.5 cm³/mol. The zero-order chi connectivity index (χ0) is 13.2. The maximum absolute atomic E-state index is 5.46. The van der Waals surface area contributed by atoms with Gasteiger partial charge in [-0.05, 0) is 49.7 Å². The SMILES string of the molecule is CCOc1ccc(-c2cnc3c(C)cccn23)cc1. The van der Waals surface area contributed by atoms with Gasteiger partial charge in [0.15, 0.2) is 0 Å². The Balaban J connectivity index is 2.06. The van der Waals surface area contributed by atoms with Gasteiger partial charge in [0, 0.05) is 11.8 Å². The van der Waals surface area contributed by atoms with Crippen LogP contribution in [0.3, 0.4) is 0 Å². The second-order valence-corrected chi connectivity index (χ2v) is 4.49. The molecule has 2 heterocycles. The van der Waals surface area contributed by atoms with Crippen molar-refractivity contribution in [3.05, 3.63) is 54.4 Å². The van der Waals surface area contributed by atoms with Gasteiger partial charge in [-0.25, -0.2) is 4.98 Å². The number of aryl methyl sites for hydroxylation is 1. The summed E-state index contributed by atoms with van der Waals surface area (Å²) in [5.74, 6) is 0.899. The largest absolute Gasteiger partial charge is 0.494 e. The molecule has 0 unspecified atom stereocenters. The Hall–Kier alpha value is -2.29. The van der Waals surface area contributed by atoms with E-state index in [1.165, 1.54) is 5.56 Å². The summed E-state index contributed by atoms with van der Waals surface area (Å²) >= 11 is 0. The molecule has 0 radical (unpaired) electrons. The van der Waals surface area contributed by atoms with Gasteiger partial charge in [0.2, 0.25) is 0 Å². The molecule has 0 amide bonds. The molecule has 3 rings (SSSR count). The molecule has 3 nitrogen and oxygen atoms in total. The fraction of sp³-hybridized carbons (Fsp3) is 0.188. The van der Waals surface area contributed by atoms with Gasteiger partial charge < -0.3 is 4.74 Å². The van der Waals surface area contributed by atoms with Crippen molar-refractivity contribution in [2.45, 2.75) is 13.8 Å². The molecule has 0 saturated heterocycles. The zero-order valence-electron chi connectivity index (χ0n) is 11.1. The van der Waals surface area contributed by atoms with E-state index in [1.54, 1.807) is 0 Å². The molecule has 0 N–H and O–H groups in total. The molecule has 0 spiro atoms. The first-order valence-electron chi connectivity index (χ1n) is 6.45. The summed E-state index contributed by atoms with van der Waals surface area (Å²) in [5.41, 5.74) is 4.43. The van der Waals surface area contributed by atoms with Gasteiger partial charge in [-0.2, -0.15) is 0 Å². The third-order valence-corrected chi connectivity index (χ3v) is 3.19. The number of fused-ring (bicyclic) bond motifs is 1. The van der Waals surface area contributed by atoms with Crippen molar-refractivity contribution in [1.82, 2.24) is 9.38 Å². The first-order chi connectivity index (χ1) is 9.29. The summed E-state index contributed by atoms with van der Waals surface area (Å²) in [7, 11) is 0. The van der Waals surface area contributed by atoms with Gasteiger partial charge in [0.05, 0.1) is 18.5 Å². The molecule has 0 saturated carbocycles. The van der Waals surface area contributed by atoms with Crippen molar-refractivity contribution in [2.75, 3.05) is 6.61 Å².